The minimum absolute atomic E-state index is 0.256. The van der Waals surface area contributed by atoms with Crippen LogP contribution in [0, 0.1) is 0 Å². The molecule has 0 aromatic rings. The van der Waals surface area contributed by atoms with Gasteiger partial charge in [0.05, 0.1) is 0 Å². The molecule has 0 aromatic carbocycles. The maximum Gasteiger partial charge on any atom is 0.333 e. The van der Waals surface area contributed by atoms with E-state index in [0.717, 1.165) is 0 Å². The largest absolute Gasteiger partial charge is 0.458 e. The molecule has 0 saturated heterocycles. The number of rotatable bonds is 7. The van der Waals surface area contributed by atoms with Gasteiger partial charge in [-0.05, 0) is 25.5 Å². The van der Waals surface area contributed by atoms with Gasteiger partial charge >= 0.3 is 5.97 Å². The van der Waals surface area contributed by atoms with E-state index in [1.165, 1.54) is 18.2 Å². The summed E-state index contributed by atoms with van der Waals surface area (Å²) >= 11 is 0. The van der Waals surface area contributed by atoms with Crippen molar-refractivity contribution in [1.82, 2.24) is 0 Å². The molecule has 0 saturated carbocycles. The van der Waals surface area contributed by atoms with Crippen LogP contribution in [0.3, 0.4) is 0 Å². The Balaban J connectivity index is 0. The topological polar surface area (TPSA) is 112 Å². The lowest BCUT2D eigenvalue weighted by Gasteiger charge is -1.97. The first-order valence-electron chi connectivity index (χ1n) is 5.66. The highest BCUT2D eigenvalue weighted by Gasteiger charge is 1.98. The molecule has 0 spiro atoms. The molecule has 110 valence electrons. The molecule has 0 aliphatic carbocycles. The number of allylic oxidation sites excluding steroid dienone is 2. The van der Waals surface area contributed by atoms with E-state index in [0.29, 0.717) is 12.0 Å². The normalized spacial score (nSPS) is 9.65. The first kappa shape index (κ1) is 19.7. The number of hydrogen-bond donors (Lipinski definition) is 2. The van der Waals surface area contributed by atoms with Crippen molar-refractivity contribution in [2.24, 2.45) is 11.5 Å². The molecule has 0 fully saturated rings. The summed E-state index contributed by atoms with van der Waals surface area (Å²) < 4.78 is 4.60. The maximum atomic E-state index is 10.5. The molecule has 0 unspecified atom stereocenters. The van der Waals surface area contributed by atoms with Gasteiger partial charge in [-0.15, -0.1) is 0 Å². The Morgan fingerprint density at radius 2 is 1.55 bits per heavy atom. The van der Waals surface area contributed by atoms with Crippen molar-refractivity contribution in [2.75, 3.05) is 6.61 Å². The lowest BCUT2D eigenvalue weighted by Crippen LogP contribution is -2.05. The lowest BCUT2D eigenvalue weighted by molar-refractivity contribution is -0.137. The molecule has 0 aliphatic heterocycles. The van der Waals surface area contributed by atoms with E-state index >= 15 is 0 Å². The Morgan fingerprint density at radius 1 is 1.10 bits per heavy atom. The predicted octanol–water partition coefficient (Wildman–Crippen LogP) is 0.751. The third kappa shape index (κ3) is 17.8. The van der Waals surface area contributed by atoms with E-state index in [9.17, 15) is 14.4 Å². The zero-order chi connectivity index (χ0) is 16.0. The SMILES string of the molecule is C=CCOC(=O)C(=C)C.NC(=O)C=CCC=CC(N)=O. The van der Waals surface area contributed by atoms with Crippen LogP contribution >= 0.6 is 0 Å². The van der Waals surface area contributed by atoms with Crippen LogP contribution in [0.4, 0.5) is 0 Å². The second kappa shape index (κ2) is 12.8. The Kier molecular flexibility index (Phi) is 12.6. The van der Waals surface area contributed by atoms with E-state index in [-0.39, 0.29) is 12.6 Å². The average Bonchev–Trinajstić information content (AvgIpc) is 2.35. The van der Waals surface area contributed by atoms with Crippen molar-refractivity contribution in [3.05, 3.63) is 49.1 Å². The summed E-state index contributed by atoms with van der Waals surface area (Å²) in [6.07, 6.45) is 7.53. The Bertz CT molecular complexity index is 401. The summed E-state index contributed by atoms with van der Waals surface area (Å²) in [5, 5.41) is 0. The standard InChI is InChI=1S/C7H10N2O2.C7H10O2/c8-6(10)4-2-1-3-5-7(9)11;1-4-5-9-7(8)6(2)3/h2-5H,1H2,(H2,8,10)(H2,9,11);4H,1-2,5H2,3H3. The van der Waals surface area contributed by atoms with Crippen molar-refractivity contribution in [3.63, 3.8) is 0 Å². The van der Waals surface area contributed by atoms with Crippen LogP contribution in [-0.2, 0) is 19.1 Å². The number of amides is 2. The molecule has 20 heavy (non-hydrogen) atoms. The van der Waals surface area contributed by atoms with Crippen LogP contribution in [0.2, 0.25) is 0 Å². The summed E-state index contributed by atoms with van der Waals surface area (Å²) in [5.74, 6) is -1.37. The van der Waals surface area contributed by atoms with Gasteiger partial charge in [-0.1, -0.05) is 31.4 Å². The number of esters is 1. The third-order valence-corrected chi connectivity index (χ3v) is 1.52. The van der Waals surface area contributed by atoms with E-state index < -0.39 is 11.8 Å². The molecule has 6 heteroatoms. The summed E-state index contributed by atoms with van der Waals surface area (Å²) in [6.45, 7) is 8.64. The van der Waals surface area contributed by atoms with Gasteiger partial charge in [0, 0.05) is 5.57 Å². The molecule has 0 atom stereocenters. The van der Waals surface area contributed by atoms with Crippen molar-refractivity contribution >= 4 is 17.8 Å². The summed E-state index contributed by atoms with van der Waals surface area (Å²) in [5.41, 5.74) is 10.00. The van der Waals surface area contributed by atoms with Crippen molar-refractivity contribution < 1.29 is 19.1 Å². The molecule has 0 aliphatic rings. The zero-order valence-electron chi connectivity index (χ0n) is 11.5. The number of carbonyl (C=O) groups is 3. The number of hydrogen-bond acceptors (Lipinski definition) is 4. The van der Waals surface area contributed by atoms with Gasteiger partial charge in [0.1, 0.15) is 6.61 Å². The van der Waals surface area contributed by atoms with Gasteiger partial charge in [-0.2, -0.15) is 0 Å². The van der Waals surface area contributed by atoms with Crippen LogP contribution in [0.15, 0.2) is 49.1 Å². The van der Waals surface area contributed by atoms with Gasteiger partial charge in [0.15, 0.2) is 0 Å². The minimum Gasteiger partial charge on any atom is -0.458 e. The monoisotopic (exact) mass is 280 g/mol. The molecule has 2 amide bonds. The lowest BCUT2D eigenvalue weighted by atomic mass is 10.3. The molecule has 0 rings (SSSR count). The molecular weight excluding hydrogens is 260 g/mol. The minimum atomic E-state index is -0.502. The third-order valence-electron chi connectivity index (χ3n) is 1.52. The van der Waals surface area contributed by atoms with E-state index in [4.69, 9.17) is 11.5 Å². The first-order chi connectivity index (χ1) is 9.31. The number of nitrogens with two attached hydrogens (primary N) is 2. The Morgan fingerprint density at radius 3 is 1.85 bits per heavy atom. The van der Waals surface area contributed by atoms with E-state index in [2.05, 4.69) is 17.9 Å². The molecule has 6 nitrogen and oxygen atoms in total. The van der Waals surface area contributed by atoms with Crippen molar-refractivity contribution in [2.45, 2.75) is 13.3 Å². The Labute approximate surface area is 118 Å². The smallest absolute Gasteiger partial charge is 0.333 e. The van der Waals surface area contributed by atoms with E-state index in [1.54, 1.807) is 19.1 Å². The van der Waals surface area contributed by atoms with Crippen molar-refractivity contribution in [1.29, 1.82) is 0 Å². The first-order valence-corrected chi connectivity index (χ1v) is 5.66. The van der Waals surface area contributed by atoms with Gasteiger partial charge in [0.25, 0.3) is 0 Å². The molecular formula is C14H20N2O4. The average molecular weight is 280 g/mol. The fourth-order valence-electron chi connectivity index (χ4n) is 0.705. The van der Waals surface area contributed by atoms with Crippen LogP contribution < -0.4 is 11.5 Å². The van der Waals surface area contributed by atoms with Crippen LogP contribution in [0.25, 0.3) is 0 Å². The fraction of sp³-hybridized carbons (Fsp3) is 0.214. The highest BCUT2D eigenvalue weighted by Crippen LogP contribution is 1.90. The van der Waals surface area contributed by atoms with Crippen LogP contribution in [-0.4, -0.2) is 24.4 Å². The van der Waals surface area contributed by atoms with Gasteiger partial charge in [-0.3, -0.25) is 9.59 Å². The van der Waals surface area contributed by atoms with Crippen molar-refractivity contribution in [3.8, 4) is 0 Å². The zero-order valence-corrected chi connectivity index (χ0v) is 11.5. The van der Waals surface area contributed by atoms with Gasteiger partial charge in [0.2, 0.25) is 11.8 Å². The Hall–Kier alpha value is -2.63. The number of carbonyl (C=O) groups excluding carboxylic acids is 3. The second-order valence-corrected chi connectivity index (χ2v) is 3.51. The molecule has 0 radical (unpaired) electrons. The van der Waals surface area contributed by atoms with Gasteiger partial charge in [-0.25, -0.2) is 4.79 Å². The summed E-state index contributed by atoms with van der Waals surface area (Å²) in [4.78, 5) is 30.8. The molecule has 0 heterocycles. The fourth-order valence-corrected chi connectivity index (χ4v) is 0.705. The molecule has 0 aromatic heterocycles. The second-order valence-electron chi connectivity index (χ2n) is 3.51. The van der Waals surface area contributed by atoms with Crippen LogP contribution in [0.5, 0.6) is 0 Å². The highest BCUT2D eigenvalue weighted by molar-refractivity contribution is 5.87. The number of primary amides is 2. The maximum absolute atomic E-state index is 10.5. The van der Waals surface area contributed by atoms with Crippen LogP contribution in [0.1, 0.15) is 13.3 Å². The predicted molar refractivity (Wildman–Crippen MR) is 77.3 cm³/mol. The molecule has 0 bridgehead atoms. The molecule has 4 N–H and O–H groups in total. The van der Waals surface area contributed by atoms with Gasteiger partial charge < -0.3 is 16.2 Å². The van der Waals surface area contributed by atoms with E-state index in [1.807, 2.05) is 0 Å². The number of ether oxygens (including phenoxy) is 1. The summed E-state index contributed by atoms with van der Waals surface area (Å²) in [6, 6.07) is 0. The highest BCUT2D eigenvalue weighted by atomic mass is 16.5. The summed E-state index contributed by atoms with van der Waals surface area (Å²) in [7, 11) is 0. The quantitative estimate of drug-likeness (QED) is 0.407.